The lowest BCUT2D eigenvalue weighted by atomic mass is 9.50. The highest BCUT2D eigenvalue weighted by Gasteiger charge is 2.57. The van der Waals surface area contributed by atoms with Crippen LogP contribution < -0.4 is 18.9 Å². The number of rotatable bonds is 30. The summed E-state index contributed by atoms with van der Waals surface area (Å²) < 4.78 is 42.7. The molecule has 696 valence electrons. The lowest BCUT2D eigenvalue weighted by molar-refractivity contribution is -0.199. The van der Waals surface area contributed by atoms with E-state index in [0.29, 0.717) is 23.3 Å². The van der Waals surface area contributed by atoms with Crippen LogP contribution in [0.3, 0.4) is 0 Å². The molecule has 0 amide bonds. The summed E-state index contributed by atoms with van der Waals surface area (Å²) in [6.07, 6.45) is 20.0. The predicted molar refractivity (Wildman–Crippen MR) is 545 cm³/mol. The van der Waals surface area contributed by atoms with Gasteiger partial charge in [0.15, 0.2) is 65.4 Å². The van der Waals surface area contributed by atoms with E-state index < -0.39 is 0 Å². The summed E-state index contributed by atoms with van der Waals surface area (Å²) in [5.41, 5.74) is 7.88. The fourth-order valence-electron chi connectivity index (χ4n) is 22.8. The molecule has 0 aromatic heterocycles. The minimum atomic E-state index is -0.321. The van der Waals surface area contributed by atoms with Crippen LogP contribution in [0.4, 0.5) is 0 Å². The molecule has 0 unspecified atom stereocenters. The van der Waals surface area contributed by atoms with Gasteiger partial charge in [-0.05, 0) is 356 Å². The zero-order valence-corrected chi connectivity index (χ0v) is 83.7. The molecule has 0 saturated heterocycles. The number of benzene rings is 12. The Labute approximate surface area is 809 Å². The average Bonchev–Trinajstić information content (AvgIpc) is 0.741. The molecule has 9 fully saturated rings. The van der Waals surface area contributed by atoms with Crippen molar-refractivity contribution in [3.8, 4) is 23.0 Å². The van der Waals surface area contributed by atoms with Gasteiger partial charge < -0.3 is 38.1 Å². The maximum absolute atomic E-state index is 13.0. The van der Waals surface area contributed by atoms with Gasteiger partial charge in [-0.1, -0.05) is 165 Å². The molecule has 0 heterocycles. The predicted octanol–water partition coefficient (Wildman–Crippen LogP) is 27.6. The molecule has 9 aliphatic carbocycles. The first-order valence-electron chi connectivity index (χ1n) is 48.6. The van der Waals surface area contributed by atoms with Crippen LogP contribution >= 0.6 is 0 Å². The quantitative estimate of drug-likeness (QED) is 0.0185. The van der Waals surface area contributed by atoms with Crippen LogP contribution in [-0.4, -0.2) is 86.7 Å². The zero-order chi connectivity index (χ0) is 93.5. The second-order valence-electron chi connectivity index (χ2n) is 38.9. The fourth-order valence-corrected chi connectivity index (χ4v) is 31.8. The molecule has 0 atom stereocenters. The molecule has 0 aliphatic heterocycles. The molecule has 11 nitrogen and oxygen atoms in total. The van der Waals surface area contributed by atoms with Gasteiger partial charge in [0.05, 0.1) is 61.4 Å². The van der Waals surface area contributed by atoms with Crippen molar-refractivity contribution < 1.29 is 47.5 Å². The first kappa shape index (κ1) is 97.0. The lowest BCUT2D eigenvalue weighted by Crippen LogP contribution is -2.57. The molecule has 12 aromatic rings. The molecule has 9 aliphatic rings. The van der Waals surface area contributed by atoms with Gasteiger partial charge in [-0.25, -0.2) is 14.4 Å². The van der Waals surface area contributed by atoms with Crippen molar-refractivity contribution in [3.63, 3.8) is 0 Å². The Hall–Kier alpha value is -10.1. The topological polar surface area (TPSA) is 119 Å². The van der Waals surface area contributed by atoms with Gasteiger partial charge in [-0.2, -0.15) is 0 Å². The number of hydrogen-bond donors (Lipinski definition) is 0. The van der Waals surface area contributed by atoms with E-state index in [9.17, 15) is 14.4 Å². The fraction of sp³-hybridized carbons (Fsp3) is 0.370. The Kier molecular flexibility index (Phi) is 32.5. The molecule has 0 N–H and O–H groups in total. The molecule has 134 heavy (non-hydrogen) atoms. The van der Waals surface area contributed by atoms with Gasteiger partial charge in [-0.15, -0.1) is 0 Å². The van der Waals surface area contributed by atoms with Gasteiger partial charge in [0.2, 0.25) is 0 Å². The summed E-state index contributed by atoms with van der Waals surface area (Å²) in [5.74, 6) is 7.52. The van der Waals surface area contributed by atoms with Crippen LogP contribution in [-0.2, 0) is 72.2 Å². The van der Waals surface area contributed by atoms with Crippen LogP contribution in [0.15, 0.2) is 350 Å². The van der Waals surface area contributed by atoms with Gasteiger partial charge in [0, 0.05) is 55.1 Å². The Morgan fingerprint density at radius 2 is 0.597 bits per heavy atom. The van der Waals surface area contributed by atoms with Crippen LogP contribution in [0.2, 0.25) is 0 Å². The maximum atomic E-state index is 13.0. The van der Waals surface area contributed by atoms with Crippen molar-refractivity contribution >= 4 is 61.5 Å². The number of nitrogens with zero attached hydrogens (tertiary/aromatic N) is 1. The highest BCUT2D eigenvalue weighted by atomic mass is 32.2. The van der Waals surface area contributed by atoms with E-state index in [1.54, 1.807) is 0 Å². The molecular formula is C119H135NO10S4+4. The van der Waals surface area contributed by atoms with E-state index in [0.717, 1.165) is 133 Å². The third-order valence-corrected chi connectivity index (χ3v) is 37.3. The van der Waals surface area contributed by atoms with Crippen molar-refractivity contribution in [2.45, 2.75) is 254 Å². The Balaban J connectivity index is 0.000000131. The number of carbonyl (C=O) groups is 3. The van der Waals surface area contributed by atoms with E-state index in [4.69, 9.17) is 33.2 Å². The Morgan fingerprint density at radius 3 is 0.881 bits per heavy atom. The highest BCUT2D eigenvalue weighted by molar-refractivity contribution is 7.98. The number of hydrogen-bond acceptors (Lipinski definition) is 11. The first-order valence-corrected chi connectivity index (χ1v) is 53.5. The van der Waals surface area contributed by atoms with Crippen molar-refractivity contribution in [2.75, 3.05) is 47.1 Å². The number of esters is 3. The standard InChI is InChI=1S/C33H37O3S.C32H35O3S.C29H33O3S.C25H30NOS/c1-22-14-30(37(28-10-6-4-7-11-28)29-12-8-5-9-13-29)15-23(2)32(22)36-31(34)21-35-33(3)26-17-24-16-25(19-26)20-27(33)18-24;1-22-13-29(36(27-9-5-3-6-10-27)28-11-7-4-8-12-28)14-23(2)31(22)34-21-30(33)35-32-18-24-15-25(19-32)17-26(16-24)20-32;1-4-29(17-11-12-18-29)31-21-27(30)32-28-22(2)19-26(20-23(28)3)33(24-13-7-5-8-14-24)25-15-9-6-10-16-25;1-20-18-24(19-21(2)25(20)27-17-11-16-26(3)4)28(22-12-7-5-8-13-22)23-14-9-6-10-15-23/h4-15,24-27H,16-21H2,1-3H3;3-14,24-26H,15-21H2,1-2H3;5-10,13-16,19-20H,4,11-12,17-18,21H2,1-3H3;5-10,12-15,18-19H,11,16-17H2,1-4H3/q4*+1. The highest BCUT2D eigenvalue weighted by Crippen LogP contribution is 2.60. The Bertz CT molecular complexity index is 5590. The summed E-state index contributed by atoms with van der Waals surface area (Å²) in [4.78, 5) is 56.1. The molecule has 0 radical (unpaired) electrons. The first-order chi connectivity index (χ1) is 65.0. The van der Waals surface area contributed by atoms with Gasteiger partial charge in [0.1, 0.15) is 41.8 Å². The van der Waals surface area contributed by atoms with E-state index in [1.165, 1.54) is 134 Å². The van der Waals surface area contributed by atoms with Gasteiger partial charge in [0.25, 0.3) is 0 Å². The average molecular weight is 1870 g/mol. The normalized spacial score (nSPS) is 20.8. The molecule has 8 bridgehead atoms. The molecular weight excluding hydrogens is 1730 g/mol. The monoisotopic (exact) mass is 1870 g/mol. The third kappa shape index (κ3) is 23.8. The summed E-state index contributed by atoms with van der Waals surface area (Å²) >= 11 is 0. The van der Waals surface area contributed by atoms with E-state index in [1.807, 2.05) is 39.8 Å². The van der Waals surface area contributed by atoms with Crippen molar-refractivity contribution in [2.24, 2.45) is 41.4 Å². The molecule has 9 saturated carbocycles. The molecule has 21 rings (SSSR count). The van der Waals surface area contributed by atoms with Crippen LogP contribution in [0.25, 0.3) is 0 Å². The largest absolute Gasteiger partial charge is 0.493 e. The molecule has 0 spiro atoms. The van der Waals surface area contributed by atoms with Crippen LogP contribution in [0, 0.1) is 96.8 Å². The van der Waals surface area contributed by atoms with Gasteiger partial charge in [-0.3, -0.25) is 0 Å². The second kappa shape index (κ2) is 44.8. The van der Waals surface area contributed by atoms with Crippen molar-refractivity contribution in [3.05, 3.63) is 336 Å². The van der Waals surface area contributed by atoms with Gasteiger partial charge >= 0.3 is 17.9 Å². The van der Waals surface area contributed by atoms with E-state index >= 15 is 0 Å². The minimum absolute atomic E-state index is 0.00682. The number of carbonyl (C=O) groups excluding carboxylic acids is 3. The summed E-state index contributed by atoms with van der Waals surface area (Å²) in [6, 6.07) is 103. The SMILES string of the molecule is CCC1(OCC(=O)Oc2c(C)cc([S+](c3ccccc3)c3ccccc3)cc2C)CCCC1.Cc1cc([S+](c2ccccc2)c2ccccc2)cc(C)c1OC(=O)COC1(C)C2CC3CC(C2)CC1C3.Cc1cc([S+](c2ccccc2)c2ccccc2)cc(C)c1OCC(=O)OC12CC3CC(CC(C3)C1)C2.Cc1cc([S+](c2ccccc2)c2ccccc2)cc(C)c1OCCCN(C)C. The molecule has 15 heteroatoms. The minimum Gasteiger partial charge on any atom is -0.493 e. The number of ether oxygens (including phenoxy) is 7. The molecule has 12 aromatic carbocycles. The summed E-state index contributed by atoms with van der Waals surface area (Å²) in [5, 5.41) is 0. The smallest absolute Gasteiger partial charge is 0.344 e. The van der Waals surface area contributed by atoms with E-state index in [2.05, 4.69) is 340 Å². The maximum Gasteiger partial charge on any atom is 0.344 e. The van der Waals surface area contributed by atoms with Crippen molar-refractivity contribution in [1.82, 2.24) is 4.90 Å². The summed E-state index contributed by atoms with van der Waals surface area (Å²) in [6.45, 7) is 22.8. The summed E-state index contributed by atoms with van der Waals surface area (Å²) in [7, 11) is 3.39. The zero-order valence-electron chi connectivity index (χ0n) is 80.5. The third-order valence-electron chi connectivity index (χ3n) is 28.5. The Morgan fingerprint density at radius 1 is 0.328 bits per heavy atom. The van der Waals surface area contributed by atoms with Crippen LogP contribution in [0.5, 0.6) is 23.0 Å². The second-order valence-corrected chi connectivity index (χ2v) is 47.0. The van der Waals surface area contributed by atoms with E-state index in [-0.39, 0.29) is 98.1 Å². The van der Waals surface area contributed by atoms with Crippen LogP contribution in [0.1, 0.15) is 168 Å². The number of aryl methyl sites for hydroxylation is 8. The lowest BCUT2D eigenvalue weighted by Gasteiger charge is -2.59. The van der Waals surface area contributed by atoms with Crippen molar-refractivity contribution in [1.29, 1.82) is 0 Å².